The number of carboxylic acid groups (broad SMARTS) is 1. The van der Waals surface area contributed by atoms with Crippen LogP contribution < -0.4 is 10.6 Å². The molecule has 2 amide bonds. The molecule has 1 aliphatic rings. The van der Waals surface area contributed by atoms with Gasteiger partial charge in [0.2, 0.25) is 5.91 Å². The van der Waals surface area contributed by atoms with Crippen LogP contribution in [0.4, 0.5) is 4.79 Å². The maximum atomic E-state index is 12.6. The SMILES string of the molecule is CC(C)C[C@H](NC(=O)OCc1ccccc1)C(=O)N[C@@H](CC1CC1)C(=O)O. The average molecular weight is 376 g/mol. The first-order valence-corrected chi connectivity index (χ1v) is 9.35. The molecule has 0 saturated heterocycles. The molecule has 2 rings (SSSR count). The van der Waals surface area contributed by atoms with Crippen LogP contribution in [0.5, 0.6) is 0 Å². The molecular weight excluding hydrogens is 348 g/mol. The third-order valence-electron chi connectivity index (χ3n) is 4.41. The van der Waals surface area contributed by atoms with E-state index in [0.717, 1.165) is 18.4 Å². The van der Waals surface area contributed by atoms with Crippen molar-refractivity contribution in [1.29, 1.82) is 0 Å². The predicted molar refractivity (Wildman–Crippen MR) is 99.9 cm³/mol. The number of rotatable bonds is 10. The van der Waals surface area contributed by atoms with Gasteiger partial charge in [0.1, 0.15) is 18.7 Å². The van der Waals surface area contributed by atoms with Gasteiger partial charge in [-0.05, 0) is 30.2 Å². The number of nitrogens with one attached hydrogen (secondary N) is 2. The fourth-order valence-corrected chi connectivity index (χ4v) is 2.79. The minimum Gasteiger partial charge on any atom is -0.480 e. The van der Waals surface area contributed by atoms with Crippen LogP contribution in [0.2, 0.25) is 0 Å². The molecule has 2 atom stereocenters. The van der Waals surface area contributed by atoms with Crippen LogP contribution in [0, 0.1) is 11.8 Å². The molecule has 7 nitrogen and oxygen atoms in total. The van der Waals surface area contributed by atoms with Gasteiger partial charge in [0.15, 0.2) is 0 Å². The largest absolute Gasteiger partial charge is 0.480 e. The summed E-state index contributed by atoms with van der Waals surface area (Å²) in [6, 6.07) is 7.46. The summed E-state index contributed by atoms with van der Waals surface area (Å²) in [4.78, 5) is 36.0. The first-order chi connectivity index (χ1) is 12.8. The summed E-state index contributed by atoms with van der Waals surface area (Å²) >= 11 is 0. The van der Waals surface area contributed by atoms with Gasteiger partial charge in [0.25, 0.3) is 0 Å². The first-order valence-electron chi connectivity index (χ1n) is 9.35. The zero-order chi connectivity index (χ0) is 19.8. The highest BCUT2D eigenvalue weighted by atomic mass is 16.5. The van der Waals surface area contributed by atoms with Gasteiger partial charge >= 0.3 is 12.1 Å². The molecule has 27 heavy (non-hydrogen) atoms. The summed E-state index contributed by atoms with van der Waals surface area (Å²) in [6.07, 6.45) is 2.11. The van der Waals surface area contributed by atoms with Crippen molar-refractivity contribution in [3.05, 3.63) is 35.9 Å². The van der Waals surface area contributed by atoms with Gasteiger partial charge in [0, 0.05) is 0 Å². The standard InChI is InChI=1S/C20H28N2O5/c1-13(2)10-16(18(23)21-17(19(24)25)11-14-8-9-14)22-20(26)27-12-15-6-4-3-5-7-15/h3-7,13-14,16-17H,8-12H2,1-2H3,(H,21,23)(H,22,26)(H,24,25)/t16-,17-/m0/s1. The number of alkyl carbamates (subject to hydrolysis) is 1. The van der Waals surface area contributed by atoms with Crippen LogP contribution in [0.3, 0.4) is 0 Å². The third kappa shape index (κ3) is 7.68. The smallest absolute Gasteiger partial charge is 0.408 e. The van der Waals surface area contributed by atoms with Gasteiger partial charge in [-0.2, -0.15) is 0 Å². The number of amides is 2. The Bertz CT molecular complexity index is 643. The Kier molecular flexibility index (Phi) is 7.64. The number of benzene rings is 1. The lowest BCUT2D eigenvalue weighted by atomic mass is 10.0. The van der Waals surface area contributed by atoms with Crippen LogP contribution in [0.25, 0.3) is 0 Å². The van der Waals surface area contributed by atoms with Crippen molar-refractivity contribution in [3.63, 3.8) is 0 Å². The number of ether oxygens (including phenoxy) is 1. The zero-order valence-electron chi connectivity index (χ0n) is 15.8. The predicted octanol–water partition coefficient (Wildman–Crippen LogP) is 2.70. The van der Waals surface area contributed by atoms with E-state index in [1.54, 1.807) is 0 Å². The number of carboxylic acids is 1. The monoisotopic (exact) mass is 376 g/mol. The zero-order valence-corrected chi connectivity index (χ0v) is 15.8. The lowest BCUT2D eigenvalue weighted by Crippen LogP contribution is -2.52. The van der Waals surface area contributed by atoms with Gasteiger partial charge in [-0.25, -0.2) is 9.59 Å². The minimum atomic E-state index is -1.05. The number of hydrogen-bond acceptors (Lipinski definition) is 4. The lowest BCUT2D eigenvalue weighted by molar-refractivity contribution is -0.142. The summed E-state index contributed by atoms with van der Waals surface area (Å²) in [7, 11) is 0. The van der Waals surface area contributed by atoms with Crippen LogP contribution in [-0.4, -0.2) is 35.2 Å². The van der Waals surface area contributed by atoms with Crippen LogP contribution in [-0.2, 0) is 20.9 Å². The third-order valence-corrected chi connectivity index (χ3v) is 4.41. The maximum absolute atomic E-state index is 12.6. The van der Waals surface area contributed by atoms with Crippen LogP contribution in [0.15, 0.2) is 30.3 Å². The van der Waals surface area contributed by atoms with E-state index in [1.165, 1.54) is 0 Å². The van der Waals surface area contributed by atoms with E-state index in [9.17, 15) is 19.5 Å². The van der Waals surface area contributed by atoms with E-state index in [0.29, 0.717) is 18.8 Å². The number of carbonyl (C=O) groups excluding carboxylic acids is 2. The van der Waals surface area contributed by atoms with Crippen LogP contribution in [0.1, 0.15) is 45.1 Å². The molecule has 0 aliphatic heterocycles. The van der Waals surface area contributed by atoms with E-state index in [1.807, 2.05) is 44.2 Å². The number of hydrogen-bond donors (Lipinski definition) is 3. The normalized spacial score (nSPS) is 15.7. The molecule has 0 heterocycles. The van der Waals surface area contributed by atoms with E-state index in [-0.39, 0.29) is 12.5 Å². The average Bonchev–Trinajstić information content (AvgIpc) is 3.43. The highest BCUT2D eigenvalue weighted by Gasteiger charge is 2.32. The molecule has 0 spiro atoms. The molecule has 0 unspecified atom stereocenters. The van der Waals surface area contributed by atoms with E-state index < -0.39 is 30.1 Å². The summed E-state index contributed by atoms with van der Waals surface area (Å²) < 4.78 is 5.17. The molecule has 0 aromatic heterocycles. The van der Waals surface area contributed by atoms with Gasteiger partial charge < -0.3 is 20.5 Å². The van der Waals surface area contributed by atoms with Crippen LogP contribution >= 0.6 is 0 Å². The summed E-state index contributed by atoms with van der Waals surface area (Å²) in [6.45, 7) is 3.95. The topological polar surface area (TPSA) is 105 Å². The van der Waals surface area contributed by atoms with Gasteiger partial charge in [-0.1, -0.05) is 57.0 Å². The van der Waals surface area contributed by atoms with Crippen molar-refractivity contribution in [3.8, 4) is 0 Å². The second-order valence-electron chi connectivity index (χ2n) is 7.47. The number of carbonyl (C=O) groups is 3. The first kappa shape index (κ1) is 20.7. The van der Waals surface area contributed by atoms with E-state index >= 15 is 0 Å². The molecule has 1 aromatic rings. The molecule has 1 saturated carbocycles. The van der Waals surface area contributed by atoms with Crippen molar-refractivity contribution in [1.82, 2.24) is 10.6 Å². The Morgan fingerprint density at radius 3 is 2.33 bits per heavy atom. The fraction of sp³-hybridized carbons (Fsp3) is 0.550. The van der Waals surface area contributed by atoms with Crippen molar-refractivity contribution in [2.75, 3.05) is 0 Å². The van der Waals surface area contributed by atoms with Gasteiger partial charge in [-0.3, -0.25) is 4.79 Å². The molecule has 1 aliphatic carbocycles. The Morgan fingerprint density at radius 2 is 1.78 bits per heavy atom. The molecule has 0 bridgehead atoms. The molecular formula is C20H28N2O5. The van der Waals surface area contributed by atoms with Crippen molar-refractivity contribution in [2.24, 2.45) is 11.8 Å². The van der Waals surface area contributed by atoms with Gasteiger partial charge in [-0.15, -0.1) is 0 Å². The van der Waals surface area contributed by atoms with E-state index in [2.05, 4.69) is 10.6 Å². The van der Waals surface area contributed by atoms with Crippen molar-refractivity contribution >= 4 is 18.0 Å². The number of aliphatic carboxylic acids is 1. The lowest BCUT2D eigenvalue weighted by Gasteiger charge is -2.22. The van der Waals surface area contributed by atoms with Crippen molar-refractivity contribution in [2.45, 2.75) is 58.2 Å². The minimum absolute atomic E-state index is 0.0993. The molecule has 1 aromatic carbocycles. The summed E-state index contributed by atoms with van der Waals surface area (Å²) in [5.41, 5.74) is 0.841. The fourth-order valence-electron chi connectivity index (χ4n) is 2.79. The Hall–Kier alpha value is -2.57. The maximum Gasteiger partial charge on any atom is 0.408 e. The highest BCUT2D eigenvalue weighted by Crippen LogP contribution is 2.33. The molecule has 1 fully saturated rings. The highest BCUT2D eigenvalue weighted by molar-refractivity contribution is 5.89. The second kappa shape index (κ2) is 9.94. The Labute approximate surface area is 159 Å². The molecule has 148 valence electrons. The van der Waals surface area contributed by atoms with Gasteiger partial charge in [0.05, 0.1) is 0 Å². The Balaban J connectivity index is 1.90. The summed E-state index contributed by atoms with van der Waals surface area (Å²) in [5.74, 6) is -1.04. The Morgan fingerprint density at radius 1 is 1.11 bits per heavy atom. The molecule has 3 N–H and O–H groups in total. The molecule has 7 heteroatoms. The summed E-state index contributed by atoms with van der Waals surface area (Å²) in [5, 5.41) is 14.5. The molecule has 0 radical (unpaired) electrons. The quantitative estimate of drug-likeness (QED) is 0.582. The second-order valence-corrected chi connectivity index (χ2v) is 7.47. The van der Waals surface area contributed by atoms with E-state index in [4.69, 9.17) is 4.74 Å². The van der Waals surface area contributed by atoms with Crippen molar-refractivity contribution < 1.29 is 24.2 Å².